The standard InChI is InChI=1S/C25H26N4O4/c1-33-17-6-7-20-18(13-17)19-14-21-24(31)28(11-10-27-8-3-9-27)25(32)29(21)23(22(19)26-20)15-4-2-5-16(30)12-15/h2,4-7,12-13,21,23,26,30H,3,8-11,14H2,1H3/t21-,23?/m0/s1. The highest BCUT2D eigenvalue weighted by Gasteiger charge is 2.52. The van der Waals surface area contributed by atoms with Crippen LogP contribution in [0.2, 0.25) is 0 Å². The van der Waals surface area contributed by atoms with Crippen LogP contribution in [-0.2, 0) is 11.2 Å². The summed E-state index contributed by atoms with van der Waals surface area (Å²) in [5.41, 5.74) is 3.60. The number of hydrogen-bond acceptors (Lipinski definition) is 5. The van der Waals surface area contributed by atoms with Crippen molar-refractivity contribution in [3.63, 3.8) is 0 Å². The van der Waals surface area contributed by atoms with Gasteiger partial charge in [0.25, 0.3) is 5.91 Å². The Morgan fingerprint density at radius 1 is 1.12 bits per heavy atom. The minimum atomic E-state index is -0.570. The molecule has 4 heterocycles. The van der Waals surface area contributed by atoms with E-state index in [4.69, 9.17) is 4.74 Å². The second-order valence-electron chi connectivity index (χ2n) is 9.02. The topological polar surface area (TPSA) is 89.1 Å². The van der Waals surface area contributed by atoms with Gasteiger partial charge in [0.15, 0.2) is 0 Å². The third kappa shape index (κ3) is 3.08. The van der Waals surface area contributed by atoms with Crippen LogP contribution in [0.25, 0.3) is 10.9 Å². The number of nitrogens with zero attached hydrogens (tertiary/aromatic N) is 3. The van der Waals surface area contributed by atoms with E-state index in [1.165, 1.54) is 11.3 Å². The summed E-state index contributed by atoms with van der Waals surface area (Å²) in [6.07, 6.45) is 1.62. The molecule has 33 heavy (non-hydrogen) atoms. The van der Waals surface area contributed by atoms with E-state index in [9.17, 15) is 14.7 Å². The number of methoxy groups -OCH3 is 1. The van der Waals surface area contributed by atoms with Crippen molar-refractivity contribution >= 4 is 22.8 Å². The highest BCUT2D eigenvalue weighted by molar-refractivity contribution is 6.05. The van der Waals surface area contributed by atoms with Crippen LogP contribution < -0.4 is 4.74 Å². The van der Waals surface area contributed by atoms with Gasteiger partial charge in [-0.15, -0.1) is 0 Å². The van der Waals surface area contributed by atoms with Gasteiger partial charge in [0.2, 0.25) is 0 Å². The van der Waals surface area contributed by atoms with Crippen LogP contribution in [-0.4, -0.2) is 76.1 Å². The van der Waals surface area contributed by atoms with Gasteiger partial charge in [-0.2, -0.15) is 0 Å². The Kier molecular flexibility index (Phi) is 4.58. The predicted molar refractivity (Wildman–Crippen MR) is 122 cm³/mol. The fourth-order valence-electron chi connectivity index (χ4n) is 5.38. The molecule has 8 heteroatoms. The molecule has 2 fully saturated rings. The third-order valence-corrected chi connectivity index (χ3v) is 7.21. The number of urea groups is 1. The number of aromatic nitrogens is 1. The molecule has 8 nitrogen and oxygen atoms in total. The molecule has 1 unspecified atom stereocenters. The summed E-state index contributed by atoms with van der Waals surface area (Å²) in [7, 11) is 1.63. The Morgan fingerprint density at radius 2 is 1.97 bits per heavy atom. The Hall–Kier alpha value is -3.52. The summed E-state index contributed by atoms with van der Waals surface area (Å²) in [6, 6.07) is 11.4. The number of phenolic OH excluding ortho intramolecular Hbond substituents is 1. The SMILES string of the molecule is COc1ccc2[nH]c3c(c2c1)C[C@H]1C(=O)N(CCN2CCC2)C(=O)N1C3c1cccc(O)c1. The van der Waals surface area contributed by atoms with E-state index in [0.717, 1.165) is 46.6 Å². The van der Waals surface area contributed by atoms with E-state index < -0.39 is 12.1 Å². The number of aromatic amines is 1. The zero-order valence-corrected chi connectivity index (χ0v) is 18.5. The molecule has 0 aliphatic carbocycles. The number of fused-ring (bicyclic) bond motifs is 4. The molecule has 6 rings (SSSR count). The second kappa shape index (κ2) is 7.52. The maximum Gasteiger partial charge on any atom is 0.328 e. The number of aromatic hydroxyl groups is 1. The first-order chi connectivity index (χ1) is 16.0. The summed E-state index contributed by atoms with van der Waals surface area (Å²) < 4.78 is 5.43. The largest absolute Gasteiger partial charge is 0.508 e. The van der Waals surface area contributed by atoms with Crippen LogP contribution in [0.5, 0.6) is 11.5 Å². The molecule has 3 aromatic rings. The maximum absolute atomic E-state index is 13.6. The van der Waals surface area contributed by atoms with Gasteiger partial charge in [-0.25, -0.2) is 4.79 Å². The van der Waals surface area contributed by atoms with Crippen LogP contribution in [0.3, 0.4) is 0 Å². The number of carbonyl (C=O) groups excluding carboxylic acids is 2. The van der Waals surface area contributed by atoms with Crippen molar-refractivity contribution in [2.45, 2.75) is 24.9 Å². The van der Waals surface area contributed by atoms with Crippen LogP contribution in [0.15, 0.2) is 42.5 Å². The number of phenols is 1. The summed E-state index contributed by atoms with van der Waals surface area (Å²) in [4.78, 5) is 35.9. The van der Waals surface area contributed by atoms with Crippen molar-refractivity contribution < 1.29 is 19.4 Å². The van der Waals surface area contributed by atoms with Gasteiger partial charge in [-0.3, -0.25) is 14.6 Å². The molecule has 0 spiro atoms. The van der Waals surface area contributed by atoms with E-state index in [1.54, 1.807) is 30.2 Å². The molecule has 3 amide bonds. The Bertz CT molecular complexity index is 1260. The van der Waals surface area contributed by atoms with Crippen molar-refractivity contribution in [2.75, 3.05) is 33.3 Å². The number of benzene rings is 2. The molecule has 2 N–H and O–H groups in total. The van der Waals surface area contributed by atoms with E-state index in [-0.39, 0.29) is 17.7 Å². The highest BCUT2D eigenvalue weighted by Crippen LogP contribution is 2.44. The number of rotatable bonds is 5. The third-order valence-electron chi connectivity index (χ3n) is 7.21. The van der Waals surface area contributed by atoms with E-state index in [2.05, 4.69) is 9.88 Å². The van der Waals surface area contributed by atoms with Crippen LogP contribution in [0.1, 0.15) is 29.3 Å². The smallest absolute Gasteiger partial charge is 0.328 e. The molecule has 3 aliphatic heterocycles. The number of imide groups is 1. The monoisotopic (exact) mass is 446 g/mol. The summed E-state index contributed by atoms with van der Waals surface area (Å²) >= 11 is 0. The number of ether oxygens (including phenoxy) is 1. The van der Waals surface area contributed by atoms with Crippen LogP contribution >= 0.6 is 0 Å². The number of hydrogen-bond donors (Lipinski definition) is 2. The molecule has 0 radical (unpaired) electrons. The zero-order chi connectivity index (χ0) is 22.7. The first kappa shape index (κ1) is 20.1. The molecule has 2 aromatic carbocycles. The molecule has 2 atom stereocenters. The Balaban J connectivity index is 1.46. The molecule has 1 aromatic heterocycles. The lowest BCUT2D eigenvalue weighted by Gasteiger charge is -2.36. The molecule has 3 aliphatic rings. The Morgan fingerprint density at radius 3 is 2.70 bits per heavy atom. The first-order valence-electron chi connectivity index (χ1n) is 11.4. The average Bonchev–Trinajstić information content (AvgIpc) is 3.26. The van der Waals surface area contributed by atoms with Gasteiger partial charge in [0.05, 0.1) is 7.11 Å². The lowest BCUT2D eigenvalue weighted by atomic mass is 9.89. The number of amides is 3. The first-order valence-corrected chi connectivity index (χ1v) is 11.4. The summed E-state index contributed by atoms with van der Waals surface area (Å²) in [5.74, 6) is 0.723. The van der Waals surface area contributed by atoms with Crippen LogP contribution in [0, 0.1) is 0 Å². The second-order valence-corrected chi connectivity index (χ2v) is 9.02. The molecule has 0 saturated carbocycles. The van der Waals surface area contributed by atoms with Gasteiger partial charge in [0.1, 0.15) is 23.6 Å². The quantitative estimate of drug-likeness (QED) is 0.589. The summed E-state index contributed by atoms with van der Waals surface area (Å²) in [6.45, 7) is 3.15. The minimum absolute atomic E-state index is 0.126. The number of H-pyrrole nitrogens is 1. The van der Waals surface area contributed by atoms with Crippen molar-refractivity contribution in [1.29, 1.82) is 0 Å². The molecular weight excluding hydrogens is 420 g/mol. The zero-order valence-electron chi connectivity index (χ0n) is 18.5. The van der Waals surface area contributed by atoms with E-state index >= 15 is 0 Å². The molecular formula is C25H26N4O4. The Labute approximate surface area is 191 Å². The molecule has 2 saturated heterocycles. The van der Waals surface area contributed by atoms with E-state index in [0.29, 0.717) is 19.5 Å². The van der Waals surface area contributed by atoms with Gasteiger partial charge < -0.3 is 19.7 Å². The summed E-state index contributed by atoms with van der Waals surface area (Å²) in [5, 5.41) is 11.2. The van der Waals surface area contributed by atoms with Gasteiger partial charge in [-0.05, 0) is 61.0 Å². The van der Waals surface area contributed by atoms with Gasteiger partial charge in [0, 0.05) is 36.1 Å². The highest BCUT2D eigenvalue weighted by atomic mass is 16.5. The fraction of sp³-hybridized carbons (Fsp3) is 0.360. The lowest BCUT2D eigenvalue weighted by Crippen LogP contribution is -2.45. The molecule has 0 bridgehead atoms. The van der Waals surface area contributed by atoms with Crippen molar-refractivity contribution in [3.8, 4) is 11.5 Å². The number of nitrogens with one attached hydrogen (secondary N) is 1. The lowest BCUT2D eigenvalue weighted by molar-refractivity contribution is -0.128. The maximum atomic E-state index is 13.6. The van der Waals surface area contributed by atoms with Crippen LogP contribution in [0.4, 0.5) is 4.79 Å². The van der Waals surface area contributed by atoms with E-state index in [1.807, 2.05) is 24.3 Å². The van der Waals surface area contributed by atoms with Gasteiger partial charge in [-0.1, -0.05) is 12.1 Å². The minimum Gasteiger partial charge on any atom is -0.508 e. The van der Waals surface area contributed by atoms with Crippen molar-refractivity contribution in [2.24, 2.45) is 0 Å². The van der Waals surface area contributed by atoms with Crippen molar-refractivity contribution in [1.82, 2.24) is 19.7 Å². The predicted octanol–water partition coefficient (Wildman–Crippen LogP) is 2.87. The average molecular weight is 447 g/mol. The number of likely N-dealkylation sites (tertiary alicyclic amines) is 1. The molecule has 170 valence electrons. The van der Waals surface area contributed by atoms with Crippen molar-refractivity contribution in [3.05, 3.63) is 59.3 Å². The fourth-order valence-corrected chi connectivity index (χ4v) is 5.38. The number of carbonyl (C=O) groups is 2. The van der Waals surface area contributed by atoms with Gasteiger partial charge >= 0.3 is 6.03 Å². The normalized spacial score (nSPS) is 22.5.